The first-order valence-electron chi connectivity index (χ1n) is 13.1. The number of unbranched alkanes of at least 4 members (excludes halogenated alkanes) is 1. The summed E-state index contributed by atoms with van der Waals surface area (Å²) in [5, 5.41) is 18.1. The van der Waals surface area contributed by atoms with E-state index in [0.717, 1.165) is 11.9 Å². The van der Waals surface area contributed by atoms with Crippen molar-refractivity contribution in [3.63, 3.8) is 0 Å². The molecule has 2 aromatic rings. The number of benzene rings is 1. The number of hydrogen-bond donors (Lipinski definition) is 1. The Labute approximate surface area is 239 Å². The number of nitrogens with zero attached hydrogens (tertiary/aromatic N) is 5. The van der Waals surface area contributed by atoms with Crippen LogP contribution in [0.5, 0.6) is 0 Å². The molecule has 12 heteroatoms. The van der Waals surface area contributed by atoms with Gasteiger partial charge in [-0.15, -0.1) is 30.0 Å². The zero-order chi connectivity index (χ0) is 27.7. The molecule has 3 saturated heterocycles. The van der Waals surface area contributed by atoms with Gasteiger partial charge in [0.1, 0.15) is 18.2 Å². The average Bonchev–Trinajstić information content (AvgIpc) is 3.64. The zero-order valence-corrected chi connectivity index (χ0v) is 23.9. The fourth-order valence-corrected chi connectivity index (χ4v) is 9.85. The van der Waals surface area contributed by atoms with E-state index in [0.29, 0.717) is 18.4 Å². The Kier molecular flexibility index (Phi) is 8.16. The molecule has 39 heavy (non-hydrogen) atoms. The Morgan fingerprint density at radius 1 is 1.31 bits per heavy atom. The zero-order valence-electron chi connectivity index (χ0n) is 21.5. The second-order valence-corrected chi connectivity index (χ2v) is 12.8. The third-order valence-electron chi connectivity index (χ3n) is 7.82. The average molecular weight is 619 g/mol. The van der Waals surface area contributed by atoms with Crippen LogP contribution in [0.1, 0.15) is 19.3 Å². The molecule has 0 saturated carbocycles. The van der Waals surface area contributed by atoms with Crippen molar-refractivity contribution in [3.8, 4) is 0 Å². The fraction of sp³-hybridized carbons (Fsp3) is 0.519. The molecule has 2 amide bonds. The molecule has 6 atom stereocenters. The van der Waals surface area contributed by atoms with Gasteiger partial charge >= 0.3 is 5.97 Å². The molecule has 2 bridgehead atoms. The fourth-order valence-electron chi connectivity index (χ4n) is 6.25. The molecule has 5 rings (SSSR count). The summed E-state index contributed by atoms with van der Waals surface area (Å²) in [5.41, 5.74) is 1.49. The van der Waals surface area contributed by atoms with Crippen LogP contribution in [0.2, 0.25) is 0 Å². The summed E-state index contributed by atoms with van der Waals surface area (Å²) in [6, 6.07) is 6.62. The van der Waals surface area contributed by atoms with E-state index in [1.165, 1.54) is 16.7 Å². The van der Waals surface area contributed by atoms with Crippen LogP contribution < -0.4 is 0 Å². The summed E-state index contributed by atoms with van der Waals surface area (Å²) in [6.07, 6.45) is 5.34. The van der Waals surface area contributed by atoms with Gasteiger partial charge in [0, 0.05) is 23.2 Å². The minimum Gasteiger partial charge on any atom is -0.465 e. The predicted octanol–water partition coefficient (Wildman–Crippen LogP) is 2.37. The van der Waals surface area contributed by atoms with Crippen LogP contribution in [0.3, 0.4) is 0 Å². The number of aliphatic hydroxyl groups excluding tert-OH is 1. The second-order valence-electron chi connectivity index (χ2n) is 10.1. The van der Waals surface area contributed by atoms with Crippen molar-refractivity contribution >= 4 is 56.5 Å². The van der Waals surface area contributed by atoms with Crippen molar-refractivity contribution < 1.29 is 24.2 Å². The number of para-hydroxylation sites is 1. The van der Waals surface area contributed by atoms with Gasteiger partial charge < -0.3 is 19.6 Å². The molecule has 208 valence electrons. The van der Waals surface area contributed by atoms with Crippen LogP contribution in [0.4, 0.5) is 0 Å². The number of halogens is 1. The molecule has 10 nitrogen and oxygen atoms in total. The van der Waals surface area contributed by atoms with Crippen LogP contribution in [0.25, 0.3) is 11.0 Å². The Hall–Kier alpha value is -2.70. The first-order chi connectivity index (χ1) is 18.9. The highest BCUT2D eigenvalue weighted by Gasteiger charge is 2.76. The van der Waals surface area contributed by atoms with Crippen LogP contribution >= 0.6 is 27.7 Å². The monoisotopic (exact) mass is 617 g/mol. The number of esters is 1. The summed E-state index contributed by atoms with van der Waals surface area (Å²) in [6.45, 7) is 7.83. The van der Waals surface area contributed by atoms with Gasteiger partial charge in [0.25, 0.3) is 0 Å². The van der Waals surface area contributed by atoms with E-state index in [-0.39, 0.29) is 54.9 Å². The van der Waals surface area contributed by atoms with Gasteiger partial charge in [-0.3, -0.25) is 14.4 Å². The van der Waals surface area contributed by atoms with Crippen molar-refractivity contribution in [2.45, 2.75) is 46.8 Å². The first kappa shape index (κ1) is 27.9. The van der Waals surface area contributed by atoms with E-state index >= 15 is 0 Å². The highest BCUT2D eigenvalue weighted by molar-refractivity contribution is 9.09. The summed E-state index contributed by atoms with van der Waals surface area (Å²) < 4.78 is 6.43. The molecule has 1 N–H and O–H groups in total. The number of amides is 2. The molecule has 4 heterocycles. The molecular weight excluding hydrogens is 586 g/mol. The first-order valence-corrected chi connectivity index (χ1v) is 14.9. The predicted molar refractivity (Wildman–Crippen MR) is 151 cm³/mol. The van der Waals surface area contributed by atoms with Gasteiger partial charge in [-0.2, -0.15) is 0 Å². The van der Waals surface area contributed by atoms with Crippen molar-refractivity contribution in [1.82, 2.24) is 24.8 Å². The number of carbonyl (C=O) groups excluding carboxylic acids is 3. The maximum Gasteiger partial charge on any atom is 0.310 e. The second kappa shape index (κ2) is 11.4. The Morgan fingerprint density at radius 2 is 2.10 bits per heavy atom. The van der Waals surface area contributed by atoms with Crippen molar-refractivity contribution in [2.75, 3.05) is 26.3 Å². The molecular formula is C27H32BrN5O5S. The minimum atomic E-state index is -0.856. The van der Waals surface area contributed by atoms with E-state index < -0.39 is 28.6 Å². The highest BCUT2D eigenvalue weighted by atomic mass is 79.9. The lowest BCUT2D eigenvalue weighted by Crippen LogP contribution is -2.56. The molecule has 1 spiro atoms. The van der Waals surface area contributed by atoms with Crippen LogP contribution in [0.15, 0.2) is 49.6 Å². The standard InChI is InChI=1S/C27H32BrN5O5S/c1-3-5-8-14-38-26(37)20-21-24(35)32(12-13-34)23(27(21)15-17(28)22(20)39-27)25(36)31(11-4-2)16-33-19-10-7-6-9-18(19)29-30-33/h3-4,6-7,9-10,17,20-23,34H,1-2,5,8,11-16H2/t17?,20-,21+,22-,23?,27?/m1/s1. The SMILES string of the molecule is C=CCCCOC(=O)[C@H]1[C@@H]2SC3(CC2Br)C(C(=O)N(CC=C)Cn2nnc4ccccc42)N(CCO)C(=O)[C@H]13. The number of aromatic nitrogens is 3. The summed E-state index contributed by atoms with van der Waals surface area (Å²) >= 11 is 5.28. The van der Waals surface area contributed by atoms with E-state index in [2.05, 4.69) is 39.4 Å². The van der Waals surface area contributed by atoms with Gasteiger partial charge in [-0.25, -0.2) is 4.68 Å². The van der Waals surface area contributed by atoms with Crippen molar-refractivity contribution in [2.24, 2.45) is 11.8 Å². The maximum absolute atomic E-state index is 14.4. The third kappa shape index (κ3) is 4.70. The van der Waals surface area contributed by atoms with E-state index in [4.69, 9.17) is 4.74 Å². The van der Waals surface area contributed by atoms with Crippen LogP contribution in [-0.2, 0) is 25.8 Å². The molecule has 3 aliphatic heterocycles. The molecule has 1 aromatic heterocycles. The molecule has 3 aliphatic rings. The maximum atomic E-state index is 14.4. The van der Waals surface area contributed by atoms with Crippen molar-refractivity contribution in [3.05, 3.63) is 49.6 Å². The van der Waals surface area contributed by atoms with Gasteiger partial charge in [-0.05, 0) is 31.4 Å². The highest BCUT2D eigenvalue weighted by Crippen LogP contribution is 2.68. The number of allylic oxidation sites excluding steroid dienone is 1. The van der Waals surface area contributed by atoms with Gasteiger partial charge in [0.15, 0.2) is 0 Å². The molecule has 0 aliphatic carbocycles. The number of β-amino-alcohol motifs (C(OH)–C–C–N with tert-alkyl or cyclic N) is 1. The number of aliphatic hydroxyl groups is 1. The normalized spacial score (nSPS) is 29.0. The Bertz CT molecular complexity index is 1290. The van der Waals surface area contributed by atoms with Crippen molar-refractivity contribution in [1.29, 1.82) is 0 Å². The summed E-state index contributed by atoms with van der Waals surface area (Å²) in [4.78, 5) is 44.6. The molecule has 3 unspecified atom stereocenters. The number of hydrogen-bond acceptors (Lipinski definition) is 8. The number of carbonyl (C=O) groups is 3. The number of fused-ring (bicyclic) bond motifs is 2. The number of thioether (sulfide) groups is 1. The molecule has 3 fully saturated rings. The van der Waals surface area contributed by atoms with Gasteiger partial charge in [0.05, 0.1) is 35.3 Å². The van der Waals surface area contributed by atoms with E-state index in [9.17, 15) is 19.5 Å². The number of rotatable bonds is 12. The Morgan fingerprint density at radius 3 is 2.85 bits per heavy atom. The van der Waals surface area contributed by atoms with E-state index in [1.807, 2.05) is 24.3 Å². The summed E-state index contributed by atoms with van der Waals surface area (Å²) in [5.74, 6) is -2.34. The lowest BCUT2D eigenvalue weighted by atomic mass is 9.71. The minimum absolute atomic E-state index is 0.000949. The molecule has 0 radical (unpaired) electrons. The van der Waals surface area contributed by atoms with Crippen LogP contribution in [-0.4, -0.2) is 94.9 Å². The quantitative estimate of drug-likeness (QED) is 0.167. The smallest absolute Gasteiger partial charge is 0.310 e. The Balaban J connectivity index is 1.47. The molecule has 1 aromatic carbocycles. The van der Waals surface area contributed by atoms with E-state index in [1.54, 1.807) is 21.7 Å². The lowest BCUT2D eigenvalue weighted by molar-refractivity contribution is -0.154. The van der Waals surface area contributed by atoms with Gasteiger partial charge in [-0.1, -0.05) is 45.4 Å². The summed E-state index contributed by atoms with van der Waals surface area (Å²) in [7, 11) is 0. The van der Waals surface area contributed by atoms with Crippen LogP contribution in [0, 0.1) is 11.8 Å². The number of ether oxygens (including phenoxy) is 1. The lowest BCUT2D eigenvalue weighted by Gasteiger charge is -2.37. The third-order valence-corrected chi connectivity index (χ3v) is 11.0. The van der Waals surface area contributed by atoms with Gasteiger partial charge in [0.2, 0.25) is 11.8 Å². The number of likely N-dealkylation sites (tertiary alicyclic amines) is 1. The number of alkyl halides is 1. The largest absolute Gasteiger partial charge is 0.465 e. The topological polar surface area (TPSA) is 118 Å².